The van der Waals surface area contributed by atoms with E-state index in [1.165, 1.54) is 43.4 Å². The van der Waals surface area contributed by atoms with Crippen molar-refractivity contribution in [1.82, 2.24) is 10.2 Å². The van der Waals surface area contributed by atoms with Crippen molar-refractivity contribution in [3.05, 3.63) is 53.5 Å². The SMILES string of the molecule is CCCC[C@H]1CC[C@H](C(=O)Oc2ccc(/N=N/c3ccc(/N=N/c4nnc(C(C)CCCC(C)C)s4)cc3)cc2)CC1. The summed E-state index contributed by atoms with van der Waals surface area (Å²) < 4.78 is 5.65. The van der Waals surface area contributed by atoms with Crippen LogP contribution in [0.1, 0.15) is 103 Å². The first-order chi connectivity index (χ1) is 20.4. The summed E-state index contributed by atoms with van der Waals surface area (Å²) in [5, 5.41) is 27.2. The number of carbonyl (C=O) groups is 1. The van der Waals surface area contributed by atoms with Crippen LogP contribution in [0, 0.1) is 17.8 Å². The van der Waals surface area contributed by atoms with Crippen LogP contribution in [-0.2, 0) is 4.79 Å². The van der Waals surface area contributed by atoms with E-state index in [0.29, 0.717) is 33.9 Å². The minimum absolute atomic E-state index is 0.00793. The summed E-state index contributed by atoms with van der Waals surface area (Å²) >= 11 is 1.50. The summed E-state index contributed by atoms with van der Waals surface area (Å²) in [5.74, 6) is 2.31. The quantitative estimate of drug-likeness (QED) is 0.106. The molecular formula is C33H44N6O2S. The molecule has 8 nitrogen and oxygen atoms in total. The molecular weight excluding hydrogens is 544 g/mol. The van der Waals surface area contributed by atoms with Crippen LogP contribution >= 0.6 is 11.3 Å². The minimum Gasteiger partial charge on any atom is -0.426 e. The van der Waals surface area contributed by atoms with Gasteiger partial charge in [-0.1, -0.05) is 71.1 Å². The number of unbranched alkanes of at least 4 members (excludes halogenated alkanes) is 1. The van der Waals surface area contributed by atoms with Crippen molar-refractivity contribution in [3.63, 3.8) is 0 Å². The maximum absolute atomic E-state index is 12.6. The fourth-order valence-electron chi connectivity index (χ4n) is 5.18. The summed E-state index contributed by atoms with van der Waals surface area (Å²) in [6.07, 6.45) is 11.5. The number of ether oxygens (including phenoxy) is 1. The Balaban J connectivity index is 1.22. The van der Waals surface area contributed by atoms with Gasteiger partial charge in [0.1, 0.15) is 10.8 Å². The van der Waals surface area contributed by atoms with E-state index >= 15 is 0 Å². The molecule has 0 bridgehead atoms. The first-order valence-corrected chi connectivity index (χ1v) is 16.3. The van der Waals surface area contributed by atoms with Gasteiger partial charge in [-0.3, -0.25) is 4.79 Å². The lowest BCUT2D eigenvalue weighted by Gasteiger charge is -2.27. The predicted octanol–water partition coefficient (Wildman–Crippen LogP) is 11.2. The van der Waals surface area contributed by atoms with E-state index in [1.54, 1.807) is 24.3 Å². The molecule has 1 saturated carbocycles. The number of aromatic nitrogens is 2. The van der Waals surface area contributed by atoms with E-state index in [2.05, 4.69) is 58.3 Å². The van der Waals surface area contributed by atoms with Crippen LogP contribution < -0.4 is 4.74 Å². The Morgan fingerprint density at radius 2 is 1.43 bits per heavy atom. The Morgan fingerprint density at radius 1 is 0.833 bits per heavy atom. The molecule has 0 radical (unpaired) electrons. The second-order valence-electron chi connectivity index (χ2n) is 11.8. The molecule has 1 fully saturated rings. The van der Waals surface area contributed by atoms with Crippen molar-refractivity contribution in [1.29, 1.82) is 0 Å². The molecule has 2 aromatic carbocycles. The molecule has 0 amide bonds. The molecule has 1 unspecified atom stereocenters. The topological polar surface area (TPSA) is 102 Å². The smallest absolute Gasteiger partial charge is 0.314 e. The van der Waals surface area contributed by atoms with Crippen molar-refractivity contribution in [2.45, 2.75) is 97.8 Å². The molecule has 42 heavy (non-hydrogen) atoms. The summed E-state index contributed by atoms with van der Waals surface area (Å²) in [7, 11) is 0. The molecule has 1 aliphatic rings. The Morgan fingerprint density at radius 3 is 2.02 bits per heavy atom. The maximum atomic E-state index is 12.6. The molecule has 224 valence electrons. The Labute approximate surface area is 254 Å². The van der Waals surface area contributed by atoms with Crippen LogP contribution in [0.15, 0.2) is 69.0 Å². The molecule has 1 aromatic heterocycles. The highest BCUT2D eigenvalue weighted by molar-refractivity contribution is 7.15. The van der Waals surface area contributed by atoms with Crippen LogP contribution in [-0.4, -0.2) is 16.2 Å². The van der Waals surface area contributed by atoms with Gasteiger partial charge in [0.25, 0.3) is 5.13 Å². The lowest BCUT2D eigenvalue weighted by atomic mass is 9.80. The highest BCUT2D eigenvalue weighted by Crippen LogP contribution is 2.33. The summed E-state index contributed by atoms with van der Waals surface area (Å²) in [4.78, 5) is 12.6. The number of hydrogen-bond donors (Lipinski definition) is 0. The predicted molar refractivity (Wildman–Crippen MR) is 169 cm³/mol. The van der Waals surface area contributed by atoms with Gasteiger partial charge < -0.3 is 4.74 Å². The number of azo groups is 2. The minimum atomic E-state index is -0.117. The third-order valence-corrected chi connectivity index (χ3v) is 8.89. The molecule has 4 rings (SSSR count). The number of carbonyl (C=O) groups excluding carboxylic acids is 1. The molecule has 1 heterocycles. The van der Waals surface area contributed by atoms with Crippen molar-refractivity contribution in [2.75, 3.05) is 0 Å². The van der Waals surface area contributed by atoms with E-state index in [-0.39, 0.29) is 11.9 Å². The zero-order valence-corrected chi connectivity index (χ0v) is 26.2. The lowest BCUT2D eigenvalue weighted by molar-refractivity contribution is -0.140. The first kappa shape index (κ1) is 31.6. The molecule has 0 saturated heterocycles. The fraction of sp³-hybridized carbons (Fsp3) is 0.545. The van der Waals surface area contributed by atoms with Crippen molar-refractivity contribution >= 4 is 39.5 Å². The highest BCUT2D eigenvalue weighted by atomic mass is 32.1. The van der Waals surface area contributed by atoms with E-state index < -0.39 is 0 Å². The number of hydrogen-bond acceptors (Lipinski definition) is 9. The van der Waals surface area contributed by atoms with Gasteiger partial charge in [0, 0.05) is 5.92 Å². The Bertz CT molecular complexity index is 1290. The molecule has 0 N–H and O–H groups in total. The highest BCUT2D eigenvalue weighted by Gasteiger charge is 2.27. The number of esters is 1. The zero-order valence-electron chi connectivity index (χ0n) is 25.4. The zero-order chi connectivity index (χ0) is 29.7. The van der Waals surface area contributed by atoms with Gasteiger partial charge in [-0.15, -0.1) is 20.4 Å². The molecule has 3 aromatic rings. The lowest BCUT2D eigenvalue weighted by Crippen LogP contribution is -2.25. The third kappa shape index (κ3) is 10.2. The number of benzene rings is 2. The first-order valence-electron chi connectivity index (χ1n) is 15.5. The normalized spacial score (nSPS) is 18.2. The van der Waals surface area contributed by atoms with Crippen LogP contribution in [0.4, 0.5) is 22.2 Å². The summed E-state index contributed by atoms with van der Waals surface area (Å²) in [5.41, 5.74) is 2.09. The second-order valence-corrected chi connectivity index (χ2v) is 12.8. The number of nitrogens with zero attached hydrogens (tertiary/aromatic N) is 6. The van der Waals surface area contributed by atoms with Crippen LogP contribution in [0.2, 0.25) is 0 Å². The van der Waals surface area contributed by atoms with Crippen molar-refractivity contribution in [3.8, 4) is 5.75 Å². The van der Waals surface area contributed by atoms with E-state index in [4.69, 9.17) is 4.74 Å². The van der Waals surface area contributed by atoms with E-state index in [0.717, 1.165) is 48.9 Å². The Hall–Kier alpha value is -3.33. The molecule has 1 atom stereocenters. The summed E-state index contributed by atoms with van der Waals surface area (Å²) in [6.45, 7) is 8.93. The van der Waals surface area contributed by atoms with Crippen molar-refractivity contribution < 1.29 is 9.53 Å². The average Bonchev–Trinajstić information content (AvgIpc) is 3.48. The van der Waals surface area contributed by atoms with Gasteiger partial charge >= 0.3 is 5.97 Å². The fourth-order valence-corrected chi connectivity index (χ4v) is 5.93. The third-order valence-electron chi connectivity index (χ3n) is 7.85. The van der Waals surface area contributed by atoms with E-state index in [9.17, 15) is 4.79 Å². The molecule has 9 heteroatoms. The molecule has 1 aliphatic carbocycles. The number of rotatable bonds is 14. The maximum Gasteiger partial charge on any atom is 0.314 e. The monoisotopic (exact) mass is 588 g/mol. The van der Waals surface area contributed by atoms with Gasteiger partial charge in [-0.2, -0.15) is 10.2 Å². The molecule has 0 spiro atoms. The van der Waals surface area contributed by atoms with Crippen LogP contribution in [0.25, 0.3) is 0 Å². The van der Waals surface area contributed by atoms with Gasteiger partial charge in [0.05, 0.1) is 23.0 Å². The molecule has 0 aliphatic heterocycles. The van der Waals surface area contributed by atoms with Gasteiger partial charge in [0.2, 0.25) is 0 Å². The van der Waals surface area contributed by atoms with Gasteiger partial charge in [-0.05, 0) is 92.5 Å². The van der Waals surface area contributed by atoms with Gasteiger partial charge in [0.15, 0.2) is 0 Å². The largest absolute Gasteiger partial charge is 0.426 e. The summed E-state index contributed by atoms with van der Waals surface area (Å²) in [6, 6.07) is 14.5. The standard InChI is InChI=1S/C33H44N6O2S/c1-5-6-10-25-11-13-26(14-12-25)32(40)41-30-21-19-29(20-22-30)35-34-27-15-17-28(18-16-27)36-38-33-39-37-31(42-33)24(4)9-7-8-23(2)3/h15-26H,5-14H2,1-4H3/b35-34+,38-36+/t24?,25-,26-. The van der Waals surface area contributed by atoms with Crippen LogP contribution in [0.3, 0.4) is 0 Å². The van der Waals surface area contributed by atoms with Crippen molar-refractivity contribution in [2.24, 2.45) is 38.2 Å². The van der Waals surface area contributed by atoms with Gasteiger partial charge in [-0.25, -0.2) is 0 Å². The Kier molecular flexibility index (Phi) is 12.3. The second kappa shape index (κ2) is 16.3. The average molecular weight is 589 g/mol. The van der Waals surface area contributed by atoms with E-state index in [1.807, 2.05) is 24.3 Å². The van der Waals surface area contributed by atoms with Crippen LogP contribution in [0.5, 0.6) is 5.75 Å².